The van der Waals surface area contributed by atoms with Gasteiger partial charge >= 0.3 is 12.4 Å². The van der Waals surface area contributed by atoms with Gasteiger partial charge in [-0.05, 0) is 55.0 Å². The molecule has 4 aromatic rings. The van der Waals surface area contributed by atoms with Crippen LogP contribution in [0.5, 0.6) is 0 Å². The number of nitrogens with zero attached hydrogens (tertiary/aromatic N) is 3. The van der Waals surface area contributed by atoms with Gasteiger partial charge < -0.3 is 9.13 Å². The number of aryl methyl sites for hydroxylation is 1. The third-order valence-electron chi connectivity index (χ3n) is 5.61. The number of imidazole rings is 1. The summed E-state index contributed by atoms with van der Waals surface area (Å²) in [6.45, 7) is 1.26. The number of fused-ring (bicyclic) bond motifs is 1. The Labute approximate surface area is 206 Å². The van der Waals surface area contributed by atoms with Crippen LogP contribution in [0.2, 0.25) is 0 Å². The molecule has 0 amide bonds. The molecular weight excluding hydrogens is 527 g/mol. The van der Waals surface area contributed by atoms with E-state index < -0.39 is 45.9 Å². The fourth-order valence-corrected chi connectivity index (χ4v) is 4.91. The highest BCUT2D eigenvalue weighted by molar-refractivity contribution is 7.90. The van der Waals surface area contributed by atoms with Crippen LogP contribution in [0.25, 0.3) is 11.0 Å². The van der Waals surface area contributed by atoms with Crippen molar-refractivity contribution in [1.29, 1.82) is 0 Å². The van der Waals surface area contributed by atoms with Gasteiger partial charge in [-0.1, -0.05) is 24.3 Å². The molecule has 0 aliphatic rings. The molecule has 3 aromatic carbocycles. The molecule has 196 valence electrons. The van der Waals surface area contributed by atoms with E-state index in [0.29, 0.717) is 12.1 Å². The van der Waals surface area contributed by atoms with E-state index >= 15 is 0 Å². The van der Waals surface area contributed by atoms with Gasteiger partial charge in [0.15, 0.2) is 0 Å². The van der Waals surface area contributed by atoms with Crippen molar-refractivity contribution < 1.29 is 39.2 Å². The second-order valence-corrected chi connectivity index (χ2v) is 9.63. The van der Waals surface area contributed by atoms with Crippen LogP contribution >= 0.6 is 0 Å². The summed E-state index contributed by atoms with van der Waals surface area (Å²) in [6.07, 6.45) is -9.67. The Hall–Kier alpha value is -3.61. The van der Waals surface area contributed by atoms with Crippen LogP contribution < -0.4 is 5.62 Å². The quantitative estimate of drug-likeness (QED) is 0.290. The average Bonchev–Trinajstić information content (AvgIpc) is 3.09. The topological polar surface area (TPSA) is 56.4 Å². The molecule has 5 nitrogen and oxygen atoms in total. The first-order valence-electron chi connectivity index (χ1n) is 10.7. The van der Waals surface area contributed by atoms with Gasteiger partial charge in [-0.25, -0.2) is 4.39 Å². The summed E-state index contributed by atoms with van der Waals surface area (Å²) in [4.78, 5) is -0.175. The second kappa shape index (κ2) is 9.36. The number of hydrogen-bond acceptors (Lipinski definition) is 2. The summed E-state index contributed by atoms with van der Waals surface area (Å²) in [7, 11) is -4.34. The van der Waals surface area contributed by atoms with Crippen molar-refractivity contribution in [1.82, 2.24) is 9.13 Å². The predicted molar refractivity (Wildman–Crippen MR) is 120 cm³/mol. The first kappa shape index (κ1) is 26.5. The zero-order chi connectivity index (χ0) is 27.2. The molecule has 1 aromatic heterocycles. The third kappa shape index (κ3) is 5.26. The minimum Gasteiger partial charge on any atom is -0.310 e. The molecule has 0 saturated carbocycles. The summed E-state index contributed by atoms with van der Waals surface area (Å²) < 4.78 is 126. The number of halogens is 7. The van der Waals surface area contributed by atoms with Crippen LogP contribution in [0.3, 0.4) is 0 Å². The smallest absolute Gasteiger partial charge is 0.310 e. The second-order valence-electron chi connectivity index (χ2n) is 8.02. The van der Waals surface area contributed by atoms with Crippen molar-refractivity contribution in [3.8, 4) is 0 Å². The molecule has 0 spiro atoms. The first-order chi connectivity index (χ1) is 17.2. The average molecular weight is 545 g/mol. The molecule has 37 heavy (non-hydrogen) atoms. The van der Waals surface area contributed by atoms with Gasteiger partial charge in [0.1, 0.15) is 5.82 Å². The molecule has 0 atom stereocenters. The van der Waals surface area contributed by atoms with E-state index in [1.165, 1.54) is 28.8 Å². The molecule has 0 unspecified atom stereocenters. The third-order valence-corrected chi connectivity index (χ3v) is 6.88. The molecular formula is C24H18F7N3O2S. The molecule has 0 radical (unpaired) electrons. The lowest BCUT2D eigenvalue weighted by Gasteiger charge is -2.11. The van der Waals surface area contributed by atoms with E-state index in [4.69, 9.17) is 0 Å². The maximum atomic E-state index is 14.2. The van der Waals surface area contributed by atoms with Gasteiger partial charge in [0, 0.05) is 6.54 Å². The van der Waals surface area contributed by atoms with Crippen molar-refractivity contribution >= 4 is 21.1 Å². The lowest BCUT2D eigenvalue weighted by molar-refractivity contribution is -0.140. The Kier molecular flexibility index (Phi) is 6.69. The van der Waals surface area contributed by atoms with E-state index in [1.807, 2.05) is 0 Å². The Morgan fingerprint density at radius 1 is 0.811 bits per heavy atom. The molecule has 0 N–H and O–H groups in total. The number of aromatic nitrogens is 2. The number of alkyl halides is 6. The number of hydrogen-bond donors (Lipinski definition) is 0. The molecule has 0 bridgehead atoms. The summed E-state index contributed by atoms with van der Waals surface area (Å²) >= 11 is 0. The van der Waals surface area contributed by atoms with Crippen LogP contribution in [-0.4, -0.2) is 17.6 Å². The monoisotopic (exact) mass is 545 g/mol. The SMILES string of the molecule is CCn1/c(=N\S(=O)(=O)c2ccccc2)n(Cc2ccc(C(F)(F)F)c(F)c2)c2cc(C(F)(F)F)ccc21. The van der Waals surface area contributed by atoms with Crippen LogP contribution in [0.1, 0.15) is 23.6 Å². The highest BCUT2D eigenvalue weighted by Gasteiger charge is 2.34. The molecule has 0 fully saturated rings. The zero-order valence-electron chi connectivity index (χ0n) is 19.0. The number of benzene rings is 3. The van der Waals surface area contributed by atoms with E-state index in [0.717, 1.165) is 28.8 Å². The van der Waals surface area contributed by atoms with Gasteiger partial charge in [-0.3, -0.25) is 0 Å². The Bertz CT molecular complexity index is 1640. The fourth-order valence-electron chi connectivity index (χ4n) is 3.89. The molecule has 1 heterocycles. The fraction of sp³-hybridized carbons (Fsp3) is 0.208. The van der Waals surface area contributed by atoms with Crippen molar-refractivity contribution in [2.75, 3.05) is 0 Å². The van der Waals surface area contributed by atoms with Gasteiger partial charge in [0.25, 0.3) is 10.0 Å². The molecule has 0 aliphatic heterocycles. The highest BCUT2D eigenvalue weighted by Crippen LogP contribution is 2.33. The van der Waals surface area contributed by atoms with E-state index in [1.54, 1.807) is 13.0 Å². The minimum atomic E-state index is -4.94. The Morgan fingerprint density at radius 3 is 2.05 bits per heavy atom. The van der Waals surface area contributed by atoms with Crippen molar-refractivity contribution in [3.63, 3.8) is 0 Å². The van der Waals surface area contributed by atoms with Crippen LogP contribution in [-0.2, 0) is 35.5 Å². The maximum absolute atomic E-state index is 14.2. The maximum Gasteiger partial charge on any atom is 0.419 e. The highest BCUT2D eigenvalue weighted by atomic mass is 32.2. The summed E-state index contributed by atoms with van der Waals surface area (Å²) in [5, 5.41) is 0. The summed E-state index contributed by atoms with van der Waals surface area (Å²) in [6, 6.07) is 11.9. The summed E-state index contributed by atoms with van der Waals surface area (Å²) in [5.74, 6) is -1.57. The van der Waals surface area contributed by atoms with Gasteiger partial charge in [0.2, 0.25) is 5.62 Å². The molecule has 13 heteroatoms. The lowest BCUT2D eigenvalue weighted by Crippen LogP contribution is -2.28. The van der Waals surface area contributed by atoms with Gasteiger partial charge in [0.05, 0.1) is 33.6 Å². The number of sulfonamides is 1. The van der Waals surface area contributed by atoms with Crippen molar-refractivity contribution in [3.05, 3.63) is 94.9 Å². The Morgan fingerprint density at radius 2 is 1.49 bits per heavy atom. The van der Waals surface area contributed by atoms with E-state index in [-0.39, 0.29) is 33.7 Å². The summed E-state index contributed by atoms with van der Waals surface area (Å²) in [5.41, 5.74) is -2.74. The number of rotatable bonds is 5. The van der Waals surface area contributed by atoms with Crippen LogP contribution in [0.4, 0.5) is 30.7 Å². The first-order valence-corrected chi connectivity index (χ1v) is 12.2. The Balaban J connectivity index is 2.01. The standard InChI is InChI=1S/C24H18F7N3O2S/c1-2-33-20-11-9-16(23(26,27)28)13-21(20)34(14-15-8-10-18(19(25)12-15)24(29,30)31)22(33)32-37(35,36)17-6-4-3-5-7-17/h3-13H,2,14H2,1H3/b32-22+. The van der Waals surface area contributed by atoms with Crippen molar-refractivity contribution in [2.24, 2.45) is 4.40 Å². The van der Waals surface area contributed by atoms with Crippen LogP contribution in [0, 0.1) is 5.82 Å². The minimum absolute atomic E-state index is 0.0448. The van der Waals surface area contributed by atoms with Crippen LogP contribution in [0.15, 0.2) is 76.0 Å². The van der Waals surface area contributed by atoms with Crippen molar-refractivity contribution in [2.45, 2.75) is 37.3 Å². The molecule has 0 saturated heterocycles. The van der Waals surface area contributed by atoms with Gasteiger partial charge in [-0.2, -0.15) is 34.8 Å². The zero-order valence-corrected chi connectivity index (χ0v) is 19.8. The normalized spacial score (nSPS) is 13.5. The van der Waals surface area contributed by atoms with Gasteiger partial charge in [-0.15, -0.1) is 4.40 Å². The van der Waals surface area contributed by atoms with E-state index in [9.17, 15) is 39.2 Å². The van der Waals surface area contributed by atoms with E-state index in [2.05, 4.69) is 4.40 Å². The molecule has 0 aliphatic carbocycles. The predicted octanol–water partition coefficient (Wildman–Crippen LogP) is 5.98. The largest absolute Gasteiger partial charge is 0.419 e. The molecule has 4 rings (SSSR count). The lowest BCUT2D eigenvalue weighted by atomic mass is 10.1.